The lowest BCUT2D eigenvalue weighted by molar-refractivity contribution is -0.126. The Morgan fingerprint density at radius 1 is 1.63 bits per heavy atom. The van der Waals surface area contributed by atoms with E-state index in [0.29, 0.717) is 18.7 Å². The lowest BCUT2D eigenvalue weighted by Gasteiger charge is -2.17. The zero-order valence-corrected chi connectivity index (χ0v) is 12.3. The first-order valence-electron chi connectivity index (χ1n) is 5.73. The van der Waals surface area contributed by atoms with Gasteiger partial charge in [0.05, 0.1) is 5.25 Å². The molecule has 1 aliphatic heterocycles. The van der Waals surface area contributed by atoms with Crippen LogP contribution in [-0.4, -0.2) is 42.1 Å². The van der Waals surface area contributed by atoms with Gasteiger partial charge < -0.3 is 10.1 Å². The third kappa shape index (κ3) is 3.79. The Morgan fingerprint density at radius 3 is 2.74 bits per heavy atom. The van der Waals surface area contributed by atoms with Crippen LogP contribution in [0.15, 0.2) is 23.4 Å². The van der Waals surface area contributed by atoms with Crippen LogP contribution in [0.5, 0.6) is 0 Å². The van der Waals surface area contributed by atoms with Gasteiger partial charge in [-0.2, -0.15) is 0 Å². The summed E-state index contributed by atoms with van der Waals surface area (Å²) in [5.41, 5.74) is 1.38. The van der Waals surface area contributed by atoms with Crippen molar-refractivity contribution in [3.63, 3.8) is 0 Å². The Morgan fingerprint density at radius 2 is 2.26 bits per heavy atom. The maximum atomic E-state index is 11.5. The fourth-order valence-electron chi connectivity index (χ4n) is 1.87. The molecule has 1 fully saturated rings. The van der Waals surface area contributed by atoms with Gasteiger partial charge in [0, 0.05) is 25.0 Å². The van der Waals surface area contributed by atoms with Gasteiger partial charge in [-0.3, -0.25) is 4.79 Å². The third-order valence-electron chi connectivity index (χ3n) is 2.94. The summed E-state index contributed by atoms with van der Waals surface area (Å²) in [6.07, 6.45) is 3.82. The second-order valence-electron chi connectivity index (χ2n) is 4.20. The molecule has 1 rings (SSSR count). The Labute approximate surface area is 117 Å². The van der Waals surface area contributed by atoms with Gasteiger partial charge in [0.25, 0.3) is 0 Å². The summed E-state index contributed by atoms with van der Waals surface area (Å²) >= 11 is 5.65. The van der Waals surface area contributed by atoms with Gasteiger partial charge in [0.15, 0.2) is 0 Å². The van der Waals surface area contributed by atoms with Gasteiger partial charge in [-0.1, -0.05) is 11.0 Å². The number of nitrogens with zero attached hydrogens (tertiary/aromatic N) is 1. The molecule has 19 heavy (non-hydrogen) atoms. The van der Waals surface area contributed by atoms with Gasteiger partial charge in [0.1, 0.15) is 0 Å². The standard InChI is InChI=1S/C11H17ClN2O4S/c1-8(19(17,18)13-16)7-11-10(3-5-12)4-6-14(11)9(2)15/h3,7-8,13,16H,4-6H2,1-2H3/b10-3-,11-7+. The van der Waals surface area contributed by atoms with Crippen LogP contribution in [-0.2, 0) is 14.8 Å². The molecular formula is C11H17ClN2O4S. The fraction of sp³-hybridized carbons (Fsp3) is 0.545. The highest BCUT2D eigenvalue weighted by atomic mass is 35.5. The minimum Gasteiger partial charge on any atom is -0.312 e. The van der Waals surface area contributed by atoms with Crippen LogP contribution in [0.1, 0.15) is 20.3 Å². The third-order valence-corrected chi connectivity index (χ3v) is 4.46. The first-order chi connectivity index (χ1) is 8.83. The lowest BCUT2D eigenvalue weighted by Crippen LogP contribution is -2.30. The monoisotopic (exact) mass is 308 g/mol. The quantitative estimate of drug-likeness (QED) is 0.599. The molecular weight excluding hydrogens is 292 g/mol. The molecule has 1 aliphatic rings. The summed E-state index contributed by atoms with van der Waals surface area (Å²) in [6, 6.07) is 0. The van der Waals surface area contributed by atoms with Gasteiger partial charge in [0.2, 0.25) is 15.9 Å². The molecule has 1 amide bonds. The second kappa shape index (κ2) is 6.51. The molecule has 0 aromatic carbocycles. The number of allylic oxidation sites excluding steroid dienone is 2. The summed E-state index contributed by atoms with van der Waals surface area (Å²) < 4.78 is 22.9. The summed E-state index contributed by atoms with van der Waals surface area (Å²) in [4.78, 5) is 14.3. The van der Waals surface area contributed by atoms with Crippen molar-refractivity contribution in [1.82, 2.24) is 9.79 Å². The van der Waals surface area contributed by atoms with Crippen molar-refractivity contribution in [2.75, 3.05) is 12.4 Å². The van der Waals surface area contributed by atoms with E-state index in [1.807, 2.05) is 0 Å². The normalized spacial score (nSPS) is 22.2. The van der Waals surface area contributed by atoms with Crippen molar-refractivity contribution >= 4 is 27.5 Å². The molecule has 1 atom stereocenters. The van der Waals surface area contributed by atoms with Crippen LogP contribution in [0.4, 0.5) is 0 Å². The van der Waals surface area contributed by atoms with Crippen molar-refractivity contribution in [3.05, 3.63) is 23.4 Å². The summed E-state index contributed by atoms with van der Waals surface area (Å²) in [6.45, 7) is 3.34. The van der Waals surface area contributed by atoms with Gasteiger partial charge >= 0.3 is 0 Å². The largest absolute Gasteiger partial charge is 0.312 e. The smallest absolute Gasteiger partial charge is 0.239 e. The number of carbonyl (C=O) groups is 1. The summed E-state index contributed by atoms with van der Waals surface area (Å²) in [5, 5.41) is 7.63. The first kappa shape index (κ1) is 16.2. The van der Waals surface area contributed by atoms with E-state index in [0.717, 1.165) is 5.57 Å². The zero-order valence-electron chi connectivity index (χ0n) is 10.8. The summed E-state index contributed by atoms with van der Waals surface area (Å²) in [5.74, 6) is 0.128. The number of carbonyl (C=O) groups excluding carboxylic acids is 1. The maximum absolute atomic E-state index is 11.5. The number of rotatable bonds is 4. The number of hydrogen-bond acceptors (Lipinski definition) is 4. The Hall–Kier alpha value is -0.890. The number of amides is 1. The lowest BCUT2D eigenvalue weighted by atomic mass is 10.1. The van der Waals surface area contributed by atoms with Crippen molar-refractivity contribution in [3.8, 4) is 0 Å². The van der Waals surface area contributed by atoms with Crippen molar-refractivity contribution in [2.24, 2.45) is 0 Å². The van der Waals surface area contributed by atoms with Gasteiger partial charge in [-0.25, -0.2) is 8.42 Å². The van der Waals surface area contributed by atoms with E-state index in [1.165, 1.54) is 29.7 Å². The second-order valence-corrected chi connectivity index (χ2v) is 6.52. The molecule has 0 aromatic heterocycles. The minimum atomic E-state index is -3.84. The highest BCUT2D eigenvalue weighted by molar-refractivity contribution is 7.90. The molecule has 0 aromatic rings. The number of nitrogens with one attached hydrogen (secondary N) is 1. The molecule has 108 valence electrons. The summed E-state index contributed by atoms with van der Waals surface area (Å²) in [7, 11) is -3.84. The molecule has 1 heterocycles. The van der Waals surface area contributed by atoms with E-state index in [2.05, 4.69) is 0 Å². The van der Waals surface area contributed by atoms with Crippen LogP contribution in [0.25, 0.3) is 0 Å². The molecule has 0 spiro atoms. The SMILES string of the molecule is CC(=O)N1CCC(=C/CCl)/C1=C\C(C)S(=O)(=O)NO. The van der Waals surface area contributed by atoms with Crippen molar-refractivity contribution in [1.29, 1.82) is 0 Å². The van der Waals surface area contributed by atoms with E-state index < -0.39 is 15.3 Å². The molecule has 0 aliphatic carbocycles. The molecule has 2 N–H and O–H groups in total. The molecule has 8 heteroatoms. The van der Waals surface area contributed by atoms with Crippen LogP contribution in [0, 0.1) is 0 Å². The molecule has 0 saturated carbocycles. The van der Waals surface area contributed by atoms with E-state index in [1.54, 1.807) is 6.08 Å². The molecule has 6 nitrogen and oxygen atoms in total. The average Bonchev–Trinajstić information content (AvgIpc) is 2.73. The Kier molecular flexibility index (Phi) is 5.54. The van der Waals surface area contributed by atoms with Crippen molar-refractivity contribution in [2.45, 2.75) is 25.5 Å². The van der Waals surface area contributed by atoms with Gasteiger partial charge in [-0.15, -0.1) is 11.6 Å². The number of hydrogen-bond donors (Lipinski definition) is 2. The van der Waals surface area contributed by atoms with Crippen LogP contribution >= 0.6 is 11.6 Å². The van der Waals surface area contributed by atoms with Crippen LogP contribution in [0.2, 0.25) is 0 Å². The predicted octanol–water partition coefficient (Wildman–Crippen LogP) is 0.985. The number of halogens is 1. The van der Waals surface area contributed by atoms with E-state index in [9.17, 15) is 13.2 Å². The number of sulfonamides is 1. The topological polar surface area (TPSA) is 86.7 Å². The first-order valence-corrected chi connectivity index (χ1v) is 7.81. The molecule has 0 radical (unpaired) electrons. The Balaban J connectivity index is 3.16. The van der Waals surface area contributed by atoms with Gasteiger partial charge in [-0.05, 0) is 25.0 Å². The van der Waals surface area contributed by atoms with Crippen LogP contribution < -0.4 is 4.89 Å². The van der Waals surface area contributed by atoms with Crippen molar-refractivity contribution < 1.29 is 18.4 Å². The maximum Gasteiger partial charge on any atom is 0.239 e. The number of alkyl halides is 1. The van der Waals surface area contributed by atoms with E-state index in [-0.39, 0.29) is 11.8 Å². The minimum absolute atomic E-state index is 0.161. The molecule has 0 bridgehead atoms. The highest BCUT2D eigenvalue weighted by Crippen LogP contribution is 2.28. The fourth-order valence-corrected chi connectivity index (χ4v) is 2.53. The van der Waals surface area contributed by atoms with E-state index in [4.69, 9.17) is 16.8 Å². The van der Waals surface area contributed by atoms with E-state index >= 15 is 0 Å². The number of likely N-dealkylation sites (tertiary alicyclic amines) is 1. The van der Waals surface area contributed by atoms with Crippen LogP contribution in [0.3, 0.4) is 0 Å². The molecule has 1 unspecified atom stereocenters. The average molecular weight is 309 g/mol. The predicted molar refractivity (Wildman–Crippen MR) is 72.2 cm³/mol. The highest BCUT2D eigenvalue weighted by Gasteiger charge is 2.27. The zero-order chi connectivity index (χ0) is 14.6. The molecule has 1 saturated heterocycles. The Bertz CT molecular complexity index is 513.